The van der Waals surface area contributed by atoms with Crippen LogP contribution < -0.4 is 4.57 Å². The van der Waals surface area contributed by atoms with Gasteiger partial charge in [-0.2, -0.15) is 4.57 Å². The standard InChI is InChI=1S/C34H35N2/c1-21(2)25-16-11-17-26(22(3)4)32(25)36-31-19-18-29-28-15-10-8-13-24(28)20-30(29)33(31)35(6)34(36)27-14-9-7-12-23(27)5/h7-19,21-22H,20H2,1-6H3/q+1. The predicted octanol–water partition coefficient (Wildman–Crippen LogP) is 8.25. The van der Waals surface area contributed by atoms with E-state index in [0.29, 0.717) is 11.8 Å². The Hall–Kier alpha value is -3.65. The molecule has 0 unspecified atom stereocenters. The maximum Gasteiger partial charge on any atom is 0.295 e. The van der Waals surface area contributed by atoms with Crippen molar-refractivity contribution in [1.82, 2.24) is 4.57 Å². The lowest BCUT2D eigenvalue weighted by atomic mass is 9.92. The van der Waals surface area contributed by atoms with Gasteiger partial charge >= 0.3 is 0 Å². The molecule has 1 heterocycles. The lowest BCUT2D eigenvalue weighted by Crippen LogP contribution is -2.31. The van der Waals surface area contributed by atoms with E-state index in [2.05, 4.69) is 130 Å². The van der Waals surface area contributed by atoms with Crippen LogP contribution in [0.1, 0.15) is 67.3 Å². The van der Waals surface area contributed by atoms with E-state index in [9.17, 15) is 0 Å². The van der Waals surface area contributed by atoms with Crippen molar-refractivity contribution >= 4 is 11.0 Å². The van der Waals surface area contributed by atoms with E-state index in [0.717, 1.165) is 6.42 Å². The minimum absolute atomic E-state index is 0.421. The van der Waals surface area contributed by atoms with Crippen LogP contribution in [0.3, 0.4) is 0 Å². The van der Waals surface area contributed by atoms with Crippen molar-refractivity contribution < 1.29 is 4.57 Å². The van der Waals surface area contributed by atoms with Crippen molar-refractivity contribution in [3.63, 3.8) is 0 Å². The van der Waals surface area contributed by atoms with Crippen LogP contribution in [0.15, 0.2) is 78.9 Å². The molecule has 0 aliphatic heterocycles. The summed E-state index contributed by atoms with van der Waals surface area (Å²) in [6.45, 7) is 11.5. The van der Waals surface area contributed by atoms with E-state index in [4.69, 9.17) is 0 Å². The number of para-hydroxylation sites is 1. The maximum absolute atomic E-state index is 2.58. The van der Waals surface area contributed by atoms with E-state index < -0.39 is 0 Å². The molecular formula is C34H35N2+. The molecule has 6 rings (SSSR count). The van der Waals surface area contributed by atoms with Gasteiger partial charge in [0.25, 0.3) is 5.82 Å². The van der Waals surface area contributed by atoms with Crippen LogP contribution in [0.4, 0.5) is 0 Å². The lowest BCUT2D eigenvalue weighted by Gasteiger charge is -2.18. The average Bonchev–Trinajstić information content (AvgIpc) is 3.38. The van der Waals surface area contributed by atoms with Crippen molar-refractivity contribution in [2.24, 2.45) is 7.05 Å². The van der Waals surface area contributed by atoms with Crippen molar-refractivity contribution in [3.8, 4) is 28.2 Å². The normalized spacial score (nSPS) is 12.6. The molecular weight excluding hydrogens is 436 g/mol. The Kier molecular flexibility index (Phi) is 5.37. The van der Waals surface area contributed by atoms with Gasteiger partial charge in [0.1, 0.15) is 5.69 Å². The summed E-state index contributed by atoms with van der Waals surface area (Å²) in [6.07, 6.45) is 0.983. The number of nitrogens with zero attached hydrogens (tertiary/aromatic N) is 2. The molecule has 5 aromatic rings. The first-order valence-electron chi connectivity index (χ1n) is 13.2. The molecule has 2 heteroatoms. The first-order valence-corrected chi connectivity index (χ1v) is 13.2. The number of hydrogen-bond acceptors (Lipinski definition) is 0. The van der Waals surface area contributed by atoms with Gasteiger partial charge in [0.2, 0.25) is 0 Å². The van der Waals surface area contributed by atoms with Gasteiger partial charge < -0.3 is 0 Å². The molecule has 0 saturated heterocycles. The van der Waals surface area contributed by atoms with Crippen molar-refractivity contribution in [3.05, 3.63) is 107 Å². The Balaban J connectivity index is 1.79. The largest absolute Gasteiger partial charge is 0.295 e. The number of imidazole rings is 1. The van der Waals surface area contributed by atoms with Crippen molar-refractivity contribution in [1.29, 1.82) is 0 Å². The molecule has 180 valence electrons. The Morgan fingerprint density at radius 1 is 0.694 bits per heavy atom. The molecule has 4 aromatic carbocycles. The molecule has 0 saturated carbocycles. The molecule has 0 radical (unpaired) electrons. The van der Waals surface area contributed by atoms with E-state index >= 15 is 0 Å². The highest BCUT2D eigenvalue weighted by molar-refractivity contribution is 5.92. The van der Waals surface area contributed by atoms with Crippen LogP contribution in [0.25, 0.3) is 39.2 Å². The van der Waals surface area contributed by atoms with Crippen molar-refractivity contribution in [2.75, 3.05) is 0 Å². The Morgan fingerprint density at radius 3 is 2.00 bits per heavy atom. The number of aromatic nitrogens is 2. The van der Waals surface area contributed by atoms with Gasteiger partial charge in [-0.3, -0.25) is 0 Å². The summed E-state index contributed by atoms with van der Waals surface area (Å²) in [7, 11) is 2.26. The number of rotatable bonds is 4. The summed E-state index contributed by atoms with van der Waals surface area (Å²) in [4.78, 5) is 0. The number of fused-ring (bicyclic) bond motifs is 5. The van der Waals surface area contributed by atoms with Crippen LogP contribution in [-0.4, -0.2) is 4.57 Å². The minimum atomic E-state index is 0.421. The highest BCUT2D eigenvalue weighted by Crippen LogP contribution is 2.43. The summed E-state index contributed by atoms with van der Waals surface area (Å²) in [5.74, 6) is 2.09. The third-order valence-corrected chi connectivity index (χ3v) is 7.99. The molecule has 36 heavy (non-hydrogen) atoms. The second kappa shape index (κ2) is 8.48. The predicted molar refractivity (Wildman–Crippen MR) is 151 cm³/mol. The third kappa shape index (κ3) is 3.27. The van der Waals surface area contributed by atoms with Crippen LogP contribution in [-0.2, 0) is 13.5 Å². The van der Waals surface area contributed by atoms with Gasteiger partial charge in [-0.25, -0.2) is 4.57 Å². The summed E-state index contributed by atoms with van der Waals surface area (Å²) >= 11 is 0. The van der Waals surface area contributed by atoms with Gasteiger partial charge in [0.15, 0.2) is 11.0 Å². The monoisotopic (exact) mass is 471 g/mol. The number of aryl methyl sites for hydroxylation is 2. The molecule has 1 aliphatic rings. The van der Waals surface area contributed by atoms with Crippen LogP contribution in [0, 0.1) is 6.92 Å². The summed E-state index contributed by atoms with van der Waals surface area (Å²) in [5, 5.41) is 0. The maximum atomic E-state index is 2.58. The Labute approximate surface area is 214 Å². The molecule has 0 atom stereocenters. The molecule has 0 bridgehead atoms. The van der Waals surface area contributed by atoms with E-state index in [-0.39, 0.29) is 0 Å². The fraction of sp³-hybridized carbons (Fsp3) is 0.265. The summed E-state index contributed by atoms with van der Waals surface area (Å²) < 4.78 is 5.04. The zero-order chi connectivity index (χ0) is 25.1. The lowest BCUT2D eigenvalue weighted by molar-refractivity contribution is -0.634. The van der Waals surface area contributed by atoms with E-state index in [1.54, 1.807) is 0 Å². The minimum Gasteiger partial charge on any atom is -0.225 e. The van der Waals surface area contributed by atoms with Gasteiger partial charge in [0, 0.05) is 23.1 Å². The Morgan fingerprint density at radius 2 is 1.33 bits per heavy atom. The quantitative estimate of drug-likeness (QED) is 0.229. The van der Waals surface area contributed by atoms with Gasteiger partial charge in [-0.05, 0) is 59.2 Å². The first kappa shape index (κ1) is 22.8. The molecule has 1 aromatic heterocycles. The van der Waals surface area contributed by atoms with E-state index in [1.165, 1.54) is 67.1 Å². The Bertz CT molecular complexity index is 1610. The fourth-order valence-electron chi connectivity index (χ4n) is 6.23. The summed E-state index contributed by atoms with van der Waals surface area (Å²) in [6, 6.07) is 29.3. The number of hydrogen-bond donors (Lipinski definition) is 0. The van der Waals surface area contributed by atoms with Crippen LogP contribution in [0.2, 0.25) is 0 Å². The highest BCUT2D eigenvalue weighted by Gasteiger charge is 2.34. The molecule has 0 fully saturated rings. The molecule has 0 spiro atoms. The van der Waals surface area contributed by atoms with Crippen molar-refractivity contribution in [2.45, 2.75) is 52.9 Å². The molecule has 2 nitrogen and oxygen atoms in total. The van der Waals surface area contributed by atoms with Gasteiger partial charge in [0.05, 0.1) is 12.6 Å². The van der Waals surface area contributed by atoms with E-state index in [1.807, 2.05) is 0 Å². The van der Waals surface area contributed by atoms with Gasteiger partial charge in [-0.15, -0.1) is 0 Å². The topological polar surface area (TPSA) is 8.81 Å². The average molecular weight is 472 g/mol. The highest BCUT2D eigenvalue weighted by atomic mass is 15.2. The smallest absolute Gasteiger partial charge is 0.225 e. The van der Waals surface area contributed by atoms with Gasteiger partial charge in [-0.1, -0.05) is 88.4 Å². The molecule has 0 amide bonds. The second-order valence-corrected chi connectivity index (χ2v) is 10.9. The van der Waals surface area contributed by atoms with Crippen LogP contribution >= 0.6 is 0 Å². The fourth-order valence-corrected chi connectivity index (χ4v) is 6.23. The zero-order valence-electron chi connectivity index (χ0n) is 22.3. The molecule has 1 aliphatic carbocycles. The number of benzene rings is 4. The second-order valence-electron chi connectivity index (χ2n) is 10.9. The molecule has 0 N–H and O–H groups in total. The van der Waals surface area contributed by atoms with Crippen LogP contribution in [0.5, 0.6) is 0 Å². The first-order chi connectivity index (χ1) is 17.4. The summed E-state index contributed by atoms with van der Waals surface area (Å²) in [5.41, 5.74) is 15.0. The third-order valence-electron chi connectivity index (χ3n) is 7.99. The SMILES string of the molecule is Cc1ccccc1-c1n(-c2c(C(C)C)cccc2C(C)C)c2ccc3c(c2[n+]1C)Cc1ccccc1-3. The zero-order valence-corrected chi connectivity index (χ0v) is 22.3.